The summed E-state index contributed by atoms with van der Waals surface area (Å²) < 4.78 is 0. The van der Waals surface area contributed by atoms with E-state index in [0.717, 1.165) is 12.5 Å². The lowest BCUT2D eigenvalue weighted by Gasteiger charge is -2.36. The van der Waals surface area contributed by atoms with Crippen molar-refractivity contribution >= 4 is 5.97 Å². The SMILES string of the molecule is CCC(CC)(C(=O)O)N(C)CC1CC1. The monoisotopic (exact) mass is 199 g/mol. The second-order valence-corrected chi connectivity index (χ2v) is 4.37. The molecule has 82 valence electrons. The van der Waals surface area contributed by atoms with Gasteiger partial charge >= 0.3 is 5.97 Å². The van der Waals surface area contributed by atoms with E-state index in [-0.39, 0.29) is 0 Å². The lowest BCUT2D eigenvalue weighted by Crippen LogP contribution is -2.52. The summed E-state index contributed by atoms with van der Waals surface area (Å²) in [7, 11) is 1.94. The molecule has 1 rings (SSSR count). The molecule has 0 spiro atoms. The molecule has 0 heterocycles. The van der Waals surface area contributed by atoms with Crippen LogP contribution in [0.3, 0.4) is 0 Å². The summed E-state index contributed by atoms with van der Waals surface area (Å²) in [4.78, 5) is 13.3. The van der Waals surface area contributed by atoms with Gasteiger partial charge in [-0.15, -0.1) is 0 Å². The highest BCUT2D eigenvalue weighted by atomic mass is 16.4. The third-order valence-electron chi connectivity index (χ3n) is 3.53. The van der Waals surface area contributed by atoms with Crippen LogP contribution in [0.2, 0.25) is 0 Å². The van der Waals surface area contributed by atoms with Crippen molar-refractivity contribution in [2.24, 2.45) is 5.92 Å². The first kappa shape index (κ1) is 11.5. The Balaban J connectivity index is 2.67. The van der Waals surface area contributed by atoms with Crippen LogP contribution in [0.5, 0.6) is 0 Å². The smallest absolute Gasteiger partial charge is 0.324 e. The Morgan fingerprint density at radius 1 is 1.43 bits per heavy atom. The van der Waals surface area contributed by atoms with Crippen molar-refractivity contribution in [2.45, 2.75) is 45.1 Å². The fourth-order valence-corrected chi connectivity index (χ4v) is 2.12. The zero-order valence-corrected chi connectivity index (χ0v) is 9.42. The zero-order chi connectivity index (χ0) is 10.8. The number of hydrogen-bond donors (Lipinski definition) is 1. The van der Waals surface area contributed by atoms with E-state index in [2.05, 4.69) is 0 Å². The maximum atomic E-state index is 11.3. The van der Waals surface area contributed by atoms with Crippen molar-refractivity contribution in [1.29, 1.82) is 0 Å². The average molecular weight is 199 g/mol. The minimum absolute atomic E-state index is 0.636. The minimum atomic E-state index is -0.675. The predicted molar refractivity (Wildman–Crippen MR) is 56.3 cm³/mol. The largest absolute Gasteiger partial charge is 0.480 e. The molecule has 1 aliphatic carbocycles. The summed E-state index contributed by atoms with van der Waals surface area (Å²) in [6.45, 7) is 4.86. The van der Waals surface area contributed by atoms with Gasteiger partial charge in [-0.05, 0) is 38.6 Å². The van der Waals surface area contributed by atoms with Crippen LogP contribution in [0, 0.1) is 5.92 Å². The second kappa shape index (κ2) is 4.30. The molecule has 0 aliphatic heterocycles. The highest BCUT2D eigenvalue weighted by Crippen LogP contribution is 2.33. The predicted octanol–water partition coefficient (Wildman–Crippen LogP) is 1.97. The second-order valence-electron chi connectivity index (χ2n) is 4.37. The molecule has 0 atom stereocenters. The van der Waals surface area contributed by atoms with Crippen molar-refractivity contribution in [2.75, 3.05) is 13.6 Å². The van der Waals surface area contributed by atoms with Crippen LogP contribution in [0.15, 0.2) is 0 Å². The first-order chi connectivity index (χ1) is 6.56. The molecule has 1 aliphatic rings. The van der Waals surface area contributed by atoms with Gasteiger partial charge in [0.1, 0.15) is 5.54 Å². The summed E-state index contributed by atoms with van der Waals surface area (Å²) in [5.41, 5.74) is -0.636. The number of carboxylic acid groups (broad SMARTS) is 1. The van der Waals surface area contributed by atoms with Gasteiger partial charge in [-0.25, -0.2) is 0 Å². The Hall–Kier alpha value is -0.570. The van der Waals surface area contributed by atoms with E-state index in [1.54, 1.807) is 0 Å². The van der Waals surface area contributed by atoms with Crippen molar-refractivity contribution in [1.82, 2.24) is 4.90 Å². The van der Waals surface area contributed by atoms with Gasteiger partial charge in [-0.3, -0.25) is 9.69 Å². The van der Waals surface area contributed by atoms with E-state index < -0.39 is 11.5 Å². The molecule has 0 aromatic heterocycles. The molecule has 0 unspecified atom stereocenters. The number of carbonyl (C=O) groups is 1. The van der Waals surface area contributed by atoms with Crippen LogP contribution in [0.25, 0.3) is 0 Å². The van der Waals surface area contributed by atoms with Gasteiger partial charge in [0, 0.05) is 6.54 Å². The topological polar surface area (TPSA) is 40.5 Å². The Morgan fingerprint density at radius 2 is 1.93 bits per heavy atom. The summed E-state index contributed by atoms with van der Waals surface area (Å²) in [6.07, 6.45) is 3.91. The molecule has 3 heteroatoms. The van der Waals surface area contributed by atoms with E-state index in [4.69, 9.17) is 0 Å². The zero-order valence-electron chi connectivity index (χ0n) is 9.42. The number of rotatable bonds is 6. The first-order valence-corrected chi connectivity index (χ1v) is 5.51. The molecular weight excluding hydrogens is 178 g/mol. The number of carboxylic acids is 1. The van der Waals surface area contributed by atoms with Crippen molar-refractivity contribution < 1.29 is 9.90 Å². The van der Waals surface area contributed by atoms with E-state index in [1.165, 1.54) is 12.8 Å². The van der Waals surface area contributed by atoms with Crippen LogP contribution in [-0.4, -0.2) is 35.1 Å². The van der Waals surface area contributed by atoms with Crippen molar-refractivity contribution in [3.8, 4) is 0 Å². The average Bonchev–Trinajstić information content (AvgIpc) is 2.90. The molecule has 1 N–H and O–H groups in total. The molecule has 0 amide bonds. The molecule has 14 heavy (non-hydrogen) atoms. The van der Waals surface area contributed by atoms with Crippen molar-refractivity contribution in [3.63, 3.8) is 0 Å². The molecule has 0 aromatic rings. The van der Waals surface area contributed by atoms with Gasteiger partial charge in [0.05, 0.1) is 0 Å². The molecule has 0 radical (unpaired) electrons. The van der Waals surface area contributed by atoms with Crippen LogP contribution in [0.4, 0.5) is 0 Å². The van der Waals surface area contributed by atoms with Gasteiger partial charge in [-0.1, -0.05) is 13.8 Å². The highest BCUT2D eigenvalue weighted by Gasteiger charge is 2.40. The molecular formula is C11H21NO2. The number of aliphatic carboxylic acids is 1. The van der Waals surface area contributed by atoms with E-state index in [1.807, 2.05) is 25.8 Å². The Morgan fingerprint density at radius 3 is 2.21 bits per heavy atom. The lowest BCUT2D eigenvalue weighted by molar-refractivity contribution is -0.151. The maximum absolute atomic E-state index is 11.3. The van der Waals surface area contributed by atoms with Crippen LogP contribution in [-0.2, 0) is 4.79 Å². The van der Waals surface area contributed by atoms with Gasteiger partial charge < -0.3 is 5.11 Å². The minimum Gasteiger partial charge on any atom is -0.480 e. The van der Waals surface area contributed by atoms with E-state index >= 15 is 0 Å². The molecule has 0 bridgehead atoms. The van der Waals surface area contributed by atoms with Gasteiger partial charge in [0.2, 0.25) is 0 Å². The van der Waals surface area contributed by atoms with Crippen LogP contribution < -0.4 is 0 Å². The van der Waals surface area contributed by atoms with E-state index in [9.17, 15) is 9.90 Å². The Kier molecular flexibility index (Phi) is 3.53. The quantitative estimate of drug-likeness (QED) is 0.711. The van der Waals surface area contributed by atoms with Crippen molar-refractivity contribution in [3.05, 3.63) is 0 Å². The lowest BCUT2D eigenvalue weighted by atomic mass is 9.91. The molecule has 0 saturated heterocycles. The third-order valence-corrected chi connectivity index (χ3v) is 3.53. The summed E-state index contributed by atoms with van der Waals surface area (Å²) >= 11 is 0. The molecule has 1 fully saturated rings. The molecule has 0 aromatic carbocycles. The first-order valence-electron chi connectivity index (χ1n) is 5.51. The molecule has 1 saturated carbocycles. The van der Waals surface area contributed by atoms with E-state index in [0.29, 0.717) is 12.8 Å². The Labute approximate surface area is 86.1 Å². The number of likely N-dealkylation sites (N-methyl/N-ethyl adjacent to an activating group) is 1. The third kappa shape index (κ3) is 2.08. The maximum Gasteiger partial charge on any atom is 0.324 e. The van der Waals surface area contributed by atoms with Gasteiger partial charge in [0.15, 0.2) is 0 Å². The summed E-state index contributed by atoms with van der Waals surface area (Å²) in [5, 5.41) is 9.29. The fourth-order valence-electron chi connectivity index (χ4n) is 2.12. The van der Waals surface area contributed by atoms with Crippen LogP contribution in [0.1, 0.15) is 39.5 Å². The standard InChI is InChI=1S/C11H21NO2/c1-4-11(5-2,10(13)14)12(3)8-9-6-7-9/h9H,4-8H2,1-3H3,(H,13,14). The fraction of sp³-hybridized carbons (Fsp3) is 0.909. The van der Waals surface area contributed by atoms with Gasteiger partial charge in [-0.2, -0.15) is 0 Å². The highest BCUT2D eigenvalue weighted by molar-refractivity contribution is 5.78. The summed E-state index contributed by atoms with van der Waals surface area (Å²) in [6, 6.07) is 0. The number of hydrogen-bond acceptors (Lipinski definition) is 2. The normalized spacial score (nSPS) is 17.4. The Bertz CT molecular complexity index is 207. The summed E-state index contributed by atoms with van der Waals surface area (Å²) in [5.74, 6) is 0.0717. The number of nitrogens with zero attached hydrogens (tertiary/aromatic N) is 1. The van der Waals surface area contributed by atoms with Gasteiger partial charge in [0.25, 0.3) is 0 Å². The van der Waals surface area contributed by atoms with Crippen LogP contribution >= 0.6 is 0 Å². The molecule has 3 nitrogen and oxygen atoms in total.